The summed E-state index contributed by atoms with van der Waals surface area (Å²) < 4.78 is 12.6. The van der Waals surface area contributed by atoms with Gasteiger partial charge < -0.3 is 19.4 Å². The van der Waals surface area contributed by atoms with Gasteiger partial charge >= 0.3 is 0 Å². The predicted molar refractivity (Wildman–Crippen MR) is 151 cm³/mol. The summed E-state index contributed by atoms with van der Waals surface area (Å²) in [7, 11) is 0. The van der Waals surface area contributed by atoms with Crippen LogP contribution < -0.4 is 15.0 Å². The molecule has 0 radical (unpaired) electrons. The maximum Gasteiger partial charge on any atom is 0.174 e. The van der Waals surface area contributed by atoms with Gasteiger partial charge in [-0.05, 0) is 105 Å². The third-order valence-corrected chi connectivity index (χ3v) is 7.91. The molecule has 1 saturated carbocycles. The highest BCUT2D eigenvalue weighted by Crippen LogP contribution is 2.43. The van der Waals surface area contributed by atoms with Gasteiger partial charge in [-0.25, -0.2) is 0 Å². The second kappa shape index (κ2) is 10.2. The van der Waals surface area contributed by atoms with Gasteiger partial charge in [0.2, 0.25) is 0 Å². The monoisotopic (exact) mass is 529 g/mol. The van der Waals surface area contributed by atoms with Crippen molar-refractivity contribution in [3.05, 3.63) is 101 Å². The van der Waals surface area contributed by atoms with Crippen molar-refractivity contribution in [1.82, 2.24) is 10.3 Å². The zero-order chi connectivity index (χ0) is 25.4. The first-order chi connectivity index (χ1) is 18.1. The summed E-state index contributed by atoms with van der Waals surface area (Å²) in [6, 6.07) is 23.7. The lowest BCUT2D eigenvalue weighted by molar-refractivity contribution is 0.210. The smallest absolute Gasteiger partial charge is 0.174 e. The van der Waals surface area contributed by atoms with Crippen LogP contribution in [0.4, 0.5) is 5.69 Å². The molecular weight excluding hydrogens is 502 g/mol. The molecule has 1 saturated heterocycles. The van der Waals surface area contributed by atoms with E-state index in [0.29, 0.717) is 16.2 Å². The summed E-state index contributed by atoms with van der Waals surface area (Å²) in [5.74, 6) is 2.44. The number of benzene rings is 2. The Hall–Kier alpha value is -3.35. The van der Waals surface area contributed by atoms with Crippen molar-refractivity contribution < 1.29 is 9.15 Å². The molecule has 2 fully saturated rings. The fourth-order valence-corrected chi connectivity index (χ4v) is 5.75. The Morgan fingerprint density at radius 3 is 2.57 bits per heavy atom. The molecular formula is C30H28ClN3O2S. The van der Waals surface area contributed by atoms with Gasteiger partial charge in [0.25, 0.3) is 0 Å². The number of aromatic nitrogens is 1. The van der Waals surface area contributed by atoms with Gasteiger partial charge in [-0.15, -0.1) is 0 Å². The first kappa shape index (κ1) is 24.0. The minimum atomic E-state index is -0.223. The van der Waals surface area contributed by atoms with Crippen molar-refractivity contribution in [2.24, 2.45) is 0 Å². The van der Waals surface area contributed by atoms with Gasteiger partial charge in [0, 0.05) is 22.5 Å². The number of thiocarbonyl (C=S) groups is 1. The van der Waals surface area contributed by atoms with E-state index in [-0.39, 0.29) is 12.1 Å². The van der Waals surface area contributed by atoms with Crippen LogP contribution in [0.2, 0.25) is 5.02 Å². The highest BCUT2D eigenvalue weighted by atomic mass is 35.5. The van der Waals surface area contributed by atoms with Crippen molar-refractivity contribution in [3.8, 4) is 17.1 Å². The Morgan fingerprint density at radius 2 is 1.84 bits per heavy atom. The second-order valence-electron chi connectivity index (χ2n) is 9.68. The normalized spacial score (nSPS) is 19.8. The van der Waals surface area contributed by atoms with Crippen LogP contribution in [0.25, 0.3) is 11.3 Å². The molecule has 0 unspecified atom stereocenters. The minimum absolute atomic E-state index is 0.177. The molecule has 0 amide bonds. The lowest BCUT2D eigenvalue weighted by Crippen LogP contribution is -2.29. The molecule has 2 aromatic carbocycles. The molecule has 2 atom stereocenters. The standard InChI is InChI=1S/C30H28ClN3O2S/c1-19-9-10-20(18-24(19)31)26-15-16-27(36-26)29-28(25-8-4-5-17-32-25)33-30(37)34(29)21-11-13-23(14-12-21)35-22-6-2-3-7-22/h4-5,8-18,22,28-29H,2-3,6-7H2,1H3,(H,33,37)/t28-,29+/m1/s1. The van der Waals surface area contributed by atoms with E-state index in [0.717, 1.165) is 52.6 Å². The molecule has 0 spiro atoms. The SMILES string of the molecule is Cc1ccc(-c2ccc([C@H]3[C@@H](c4ccccn4)NC(=S)N3c3ccc(OC4CCCC4)cc3)o2)cc1Cl. The lowest BCUT2D eigenvalue weighted by atomic mass is 10.0. The van der Waals surface area contributed by atoms with E-state index < -0.39 is 0 Å². The van der Waals surface area contributed by atoms with Gasteiger partial charge in [0.1, 0.15) is 23.3 Å². The second-order valence-corrected chi connectivity index (χ2v) is 10.5. The maximum atomic E-state index is 6.46. The molecule has 1 N–H and O–H groups in total. The van der Waals surface area contributed by atoms with Gasteiger partial charge in [0.15, 0.2) is 5.11 Å². The summed E-state index contributed by atoms with van der Waals surface area (Å²) in [6.45, 7) is 1.99. The third kappa shape index (κ3) is 4.83. The summed E-state index contributed by atoms with van der Waals surface area (Å²) in [5.41, 5.74) is 3.83. The molecule has 0 bridgehead atoms. The number of pyridine rings is 1. The molecule has 2 aromatic heterocycles. The summed E-state index contributed by atoms with van der Waals surface area (Å²) in [4.78, 5) is 6.74. The summed E-state index contributed by atoms with van der Waals surface area (Å²) >= 11 is 12.2. The zero-order valence-electron chi connectivity index (χ0n) is 20.6. The Kier molecular flexibility index (Phi) is 6.61. The van der Waals surface area contributed by atoms with E-state index in [9.17, 15) is 0 Å². The Balaban J connectivity index is 1.35. The quantitative estimate of drug-likeness (QED) is 0.257. The maximum absolute atomic E-state index is 6.46. The van der Waals surface area contributed by atoms with Gasteiger partial charge in [0.05, 0.1) is 17.8 Å². The highest BCUT2D eigenvalue weighted by molar-refractivity contribution is 7.80. The number of halogens is 1. The number of nitrogens with zero attached hydrogens (tertiary/aromatic N) is 2. The Labute approximate surface area is 227 Å². The van der Waals surface area contributed by atoms with E-state index in [1.54, 1.807) is 6.20 Å². The Morgan fingerprint density at radius 1 is 1.03 bits per heavy atom. The van der Waals surface area contributed by atoms with Crippen LogP contribution in [0.1, 0.15) is 54.8 Å². The van der Waals surface area contributed by atoms with Gasteiger partial charge in [-0.3, -0.25) is 4.98 Å². The van der Waals surface area contributed by atoms with Gasteiger partial charge in [-0.2, -0.15) is 0 Å². The minimum Gasteiger partial charge on any atom is -0.490 e. The van der Waals surface area contributed by atoms with Crippen molar-refractivity contribution in [2.75, 3.05) is 4.90 Å². The number of hydrogen-bond acceptors (Lipinski definition) is 4. The van der Waals surface area contributed by atoms with Crippen molar-refractivity contribution in [2.45, 2.75) is 50.8 Å². The van der Waals surface area contributed by atoms with E-state index >= 15 is 0 Å². The average Bonchev–Trinajstić information content (AvgIpc) is 3.67. The largest absolute Gasteiger partial charge is 0.490 e. The number of ether oxygens (including phenoxy) is 1. The van der Waals surface area contributed by atoms with Crippen LogP contribution in [-0.2, 0) is 0 Å². The van der Waals surface area contributed by atoms with E-state index in [2.05, 4.69) is 27.3 Å². The fraction of sp³-hybridized carbons (Fsp3) is 0.267. The number of nitrogens with one attached hydrogen (secondary N) is 1. The van der Waals surface area contributed by atoms with Crippen LogP contribution in [0.3, 0.4) is 0 Å². The molecule has 37 heavy (non-hydrogen) atoms. The van der Waals surface area contributed by atoms with Gasteiger partial charge in [-0.1, -0.05) is 29.8 Å². The van der Waals surface area contributed by atoms with Crippen LogP contribution in [0.15, 0.2) is 83.4 Å². The molecule has 2 aliphatic rings. The average molecular weight is 530 g/mol. The molecule has 1 aliphatic heterocycles. The number of furan rings is 1. The zero-order valence-corrected chi connectivity index (χ0v) is 22.1. The van der Waals surface area contributed by atoms with Crippen LogP contribution >= 0.6 is 23.8 Å². The highest BCUT2D eigenvalue weighted by Gasteiger charge is 2.42. The van der Waals surface area contributed by atoms with Crippen LogP contribution in [0.5, 0.6) is 5.75 Å². The summed E-state index contributed by atoms with van der Waals surface area (Å²) in [5, 5.41) is 4.83. The number of aryl methyl sites for hydroxylation is 1. The fourth-order valence-electron chi connectivity index (χ4n) is 5.22. The Bertz CT molecular complexity index is 1400. The number of hydrogen-bond donors (Lipinski definition) is 1. The predicted octanol–water partition coefficient (Wildman–Crippen LogP) is 7.80. The topological polar surface area (TPSA) is 50.5 Å². The lowest BCUT2D eigenvalue weighted by Gasteiger charge is -2.26. The van der Waals surface area contributed by atoms with E-state index in [1.807, 2.05) is 67.6 Å². The molecule has 7 heteroatoms. The molecule has 5 nitrogen and oxygen atoms in total. The molecule has 188 valence electrons. The number of anilines is 1. The molecule has 4 aromatic rings. The van der Waals surface area contributed by atoms with Crippen LogP contribution in [-0.4, -0.2) is 16.2 Å². The molecule has 1 aliphatic carbocycles. The third-order valence-electron chi connectivity index (χ3n) is 7.19. The summed E-state index contributed by atoms with van der Waals surface area (Å²) in [6.07, 6.45) is 6.86. The molecule has 3 heterocycles. The van der Waals surface area contributed by atoms with Crippen molar-refractivity contribution in [1.29, 1.82) is 0 Å². The first-order valence-corrected chi connectivity index (χ1v) is 13.5. The van der Waals surface area contributed by atoms with Crippen molar-refractivity contribution in [3.63, 3.8) is 0 Å². The van der Waals surface area contributed by atoms with E-state index in [4.69, 9.17) is 33.0 Å². The van der Waals surface area contributed by atoms with Crippen molar-refractivity contribution >= 4 is 34.6 Å². The number of rotatable bonds is 6. The first-order valence-electron chi connectivity index (χ1n) is 12.7. The molecule has 6 rings (SSSR count). The van der Waals surface area contributed by atoms with E-state index in [1.165, 1.54) is 12.8 Å². The van der Waals surface area contributed by atoms with Crippen LogP contribution in [0, 0.1) is 6.92 Å².